The van der Waals surface area contributed by atoms with Crippen LogP contribution in [0, 0.1) is 0 Å². The van der Waals surface area contributed by atoms with Crippen LogP contribution in [0.2, 0.25) is 0 Å². The van der Waals surface area contributed by atoms with Gasteiger partial charge in [-0.1, -0.05) is 25.7 Å². The number of rotatable bonds is 4. The van der Waals surface area contributed by atoms with E-state index in [-0.39, 0.29) is 12.1 Å². The molecular formula is C12H20N2O. The summed E-state index contributed by atoms with van der Waals surface area (Å²) in [6.45, 7) is 11.2. The van der Waals surface area contributed by atoms with E-state index in [9.17, 15) is 4.79 Å². The maximum absolute atomic E-state index is 11.5. The lowest BCUT2D eigenvalue weighted by Crippen LogP contribution is -2.49. The fourth-order valence-electron chi connectivity index (χ4n) is 1.75. The monoisotopic (exact) mass is 208 g/mol. The quantitative estimate of drug-likeness (QED) is 0.563. The SMILES string of the molecule is C=CC(NC(=O)C(=C)C)N1CCCCC1. The lowest BCUT2D eigenvalue weighted by atomic mass is 10.1. The third-order valence-electron chi connectivity index (χ3n) is 2.67. The Balaban J connectivity index is 2.50. The zero-order chi connectivity index (χ0) is 11.3. The molecule has 0 aromatic heterocycles. The molecule has 15 heavy (non-hydrogen) atoms. The summed E-state index contributed by atoms with van der Waals surface area (Å²) >= 11 is 0. The van der Waals surface area contributed by atoms with Gasteiger partial charge in [0.15, 0.2) is 0 Å². The lowest BCUT2D eigenvalue weighted by Gasteiger charge is -2.33. The van der Waals surface area contributed by atoms with Crippen molar-refractivity contribution in [2.75, 3.05) is 13.1 Å². The molecule has 0 radical (unpaired) electrons. The molecular weight excluding hydrogens is 188 g/mol. The number of hydrogen-bond acceptors (Lipinski definition) is 2. The number of carbonyl (C=O) groups excluding carboxylic acids is 1. The molecule has 0 spiro atoms. The van der Waals surface area contributed by atoms with Gasteiger partial charge in [0, 0.05) is 18.7 Å². The zero-order valence-electron chi connectivity index (χ0n) is 9.46. The van der Waals surface area contributed by atoms with Gasteiger partial charge in [-0.2, -0.15) is 0 Å². The second kappa shape index (κ2) is 5.71. The first-order chi connectivity index (χ1) is 7.15. The molecule has 1 unspecified atom stereocenters. The highest BCUT2D eigenvalue weighted by Gasteiger charge is 2.19. The normalized spacial score (nSPS) is 19.3. The maximum Gasteiger partial charge on any atom is 0.247 e. The Morgan fingerprint density at radius 3 is 2.47 bits per heavy atom. The molecule has 1 atom stereocenters. The highest BCUT2D eigenvalue weighted by atomic mass is 16.1. The molecule has 1 saturated heterocycles. The number of nitrogens with zero attached hydrogens (tertiary/aromatic N) is 1. The third kappa shape index (κ3) is 3.51. The first kappa shape index (κ1) is 12.0. The van der Waals surface area contributed by atoms with Crippen molar-refractivity contribution < 1.29 is 4.79 Å². The van der Waals surface area contributed by atoms with E-state index in [0.717, 1.165) is 13.1 Å². The highest BCUT2D eigenvalue weighted by Crippen LogP contribution is 2.11. The largest absolute Gasteiger partial charge is 0.333 e. The minimum Gasteiger partial charge on any atom is -0.333 e. The van der Waals surface area contributed by atoms with E-state index in [1.165, 1.54) is 19.3 Å². The van der Waals surface area contributed by atoms with Gasteiger partial charge in [0.05, 0.1) is 0 Å². The molecule has 1 rings (SSSR count). The number of carbonyl (C=O) groups is 1. The van der Waals surface area contributed by atoms with Crippen molar-refractivity contribution in [3.05, 3.63) is 24.8 Å². The van der Waals surface area contributed by atoms with Crippen LogP contribution >= 0.6 is 0 Å². The molecule has 84 valence electrons. The van der Waals surface area contributed by atoms with Gasteiger partial charge < -0.3 is 5.32 Å². The summed E-state index contributed by atoms with van der Waals surface area (Å²) in [5.41, 5.74) is 0.541. The van der Waals surface area contributed by atoms with Gasteiger partial charge >= 0.3 is 0 Å². The van der Waals surface area contributed by atoms with E-state index >= 15 is 0 Å². The predicted molar refractivity (Wildman–Crippen MR) is 62.4 cm³/mol. The molecule has 1 amide bonds. The highest BCUT2D eigenvalue weighted by molar-refractivity contribution is 5.92. The van der Waals surface area contributed by atoms with Gasteiger partial charge in [-0.05, 0) is 19.8 Å². The molecule has 0 aromatic rings. The number of likely N-dealkylation sites (tertiary alicyclic amines) is 1. The Morgan fingerprint density at radius 2 is 2.00 bits per heavy atom. The van der Waals surface area contributed by atoms with Gasteiger partial charge in [0.1, 0.15) is 6.17 Å². The smallest absolute Gasteiger partial charge is 0.247 e. The predicted octanol–water partition coefficient (Wildman–Crippen LogP) is 1.68. The van der Waals surface area contributed by atoms with Crippen molar-refractivity contribution >= 4 is 5.91 Å². The minimum absolute atomic E-state index is 0.0468. The van der Waals surface area contributed by atoms with E-state index in [1.54, 1.807) is 13.0 Å². The van der Waals surface area contributed by atoms with Crippen molar-refractivity contribution in [2.45, 2.75) is 32.4 Å². The van der Waals surface area contributed by atoms with Crippen molar-refractivity contribution in [3.63, 3.8) is 0 Å². The number of nitrogens with one attached hydrogen (secondary N) is 1. The average molecular weight is 208 g/mol. The summed E-state index contributed by atoms with van der Waals surface area (Å²) in [4.78, 5) is 13.7. The molecule has 0 aromatic carbocycles. The maximum atomic E-state index is 11.5. The zero-order valence-corrected chi connectivity index (χ0v) is 9.46. The fourth-order valence-corrected chi connectivity index (χ4v) is 1.75. The van der Waals surface area contributed by atoms with Crippen LogP contribution in [-0.2, 0) is 4.79 Å². The standard InChI is InChI=1S/C12H20N2O/c1-4-11(13-12(15)10(2)3)14-8-6-5-7-9-14/h4,11H,1-2,5-9H2,3H3,(H,13,15). The van der Waals surface area contributed by atoms with Crippen molar-refractivity contribution in [1.82, 2.24) is 10.2 Å². The summed E-state index contributed by atoms with van der Waals surface area (Å²) in [5, 5.41) is 2.91. The minimum atomic E-state index is -0.0922. The van der Waals surface area contributed by atoms with E-state index in [4.69, 9.17) is 0 Å². The van der Waals surface area contributed by atoms with Gasteiger partial charge in [-0.3, -0.25) is 9.69 Å². The van der Waals surface area contributed by atoms with Crippen LogP contribution in [-0.4, -0.2) is 30.1 Å². The summed E-state index contributed by atoms with van der Waals surface area (Å²) in [5.74, 6) is -0.0922. The van der Waals surface area contributed by atoms with E-state index in [2.05, 4.69) is 23.4 Å². The van der Waals surface area contributed by atoms with Crippen molar-refractivity contribution in [3.8, 4) is 0 Å². The first-order valence-electron chi connectivity index (χ1n) is 5.48. The average Bonchev–Trinajstić information content (AvgIpc) is 2.26. The Bertz CT molecular complexity index is 254. The summed E-state index contributed by atoms with van der Waals surface area (Å²) in [7, 11) is 0. The van der Waals surface area contributed by atoms with Crippen LogP contribution < -0.4 is 5.32 Å². The van der Waals surface area contributed by atoms with Crippen LogP contribution in [0.25, 0.3) is 0 Å². The molecule has 3 nitrogen and oxygen atoms in total. The fraction of sp³-hybridized carbons (Fsp3) is 0.583. The van der Waals surface area contributed by atoms with Gasteiger partial charge in [-0.25, -0.2) is 0 Å². The molecule has 1 heterocycles. The molecule has 0 saturated carbocycles. The lowest BCUT2D eigenvalue weighted by molar-refractivity contribution is -0.118. The summed E-state index contributed by atoms with van der Waals surface area (Å²) in [6.07, 6.45) is 5.43. The van der Waals surface area contributed by atoms with Crippen LogP contribution in [0.3, 0.4) is 0 Å². The molecule has 3 heteroatoms. The van der Waals surface area contributed by atoms with Gasteiger partial charge in [0.2, 0.25) is 5.91 Å². The first-order valence-corrected chi connectivity index (χ1v) is 5.48. The molecule has 0 aliphatic carbocycles. The van der Waals surface area contributed by atoms with Gasteiger partial charge in [0.25, 0.3) is 0 Å². The molecule has 1 aliphatic heterocycles. The second-order valence-electron chi connectivity index (χ2n) is 4.03. The topological polar surface area (TPSA) is 32.3 Å². The number of hydrogen-bond donors (Lipinski definition) is 1. The summed E-state index contributed by atoms with van der Waals surface area (Å²) in [6, 6.07) is 0. The number of amides is 1. The van der Waals surface area contributed by atoms with Crippen molar-refractivity contribution in [2.24, 2.45) is 0 Å². The Morgan fingerprint density at radius 1 is 1.40 bits per heavy atom. The van der Waals surface area contributed by atoms with E-state index in [1.807, 2.05) is 0 Å². The molecule has 1 aliphatic rings. The molecule has 0 bridgehead atoms. The molecule has 1 fully saturated rings. The van der Waals surface area contributed by atoms with E-state index < -0.39 is 0 Å². The summed E-state index contributed by atoms with van der Waals surface area (Å²) < 4.78 is 0. The third-order valence-corrected chi connectivity index (χ3v) is 2.67. The van der Waals surface area contributed by atoms with Crippen LogP contribution in [0.15, 0.2) is 24.8 Å². The van der Waals surface area contributed by atoms with Crippen LogP contribution in [0.4, 0.5) is 0 Å². The van der Waals surface area contributed by atoms with Crippen molar-refractivity contribution in [1.29, 1.82) is 0 Å². The Labute approximate surface area is 91.8 Å². The number of piperidine rings is 1. The van der Waals surface area contributed by atoms with Crippen LogP contribution in [0.1, 0.15) is 26.2 Å². The molecule has 1 N–H and O–H groups in total. The Kier molecular flexibility index (Phi) is 4.56. The second-order valence-corrected chi connectivity index (χ2v) is 4.03. The van der Waals surface area contributed by atoms with E-state index in [0.29, 0.717) is 5.57 Å². The van der Waals surface area contributed by atoms with Crippen LogP contribution in [0.5, 0.6) is 0 Å². The Hall–Kier alpha value is -1.09. The van der Waals surface area contributed by atoms with Gasteiger partial charge in [-0.15, -0.1) is 0 Å².